The monoisotopic (exact) mass is 179 g/mol. The SMILES string of the molecule is ClC(=Nc1ccccc1)C1CC1. The van der Waals surface area contributed by atoms with E-state index in [0.717, 1.165) is 10.9 Å². The van der Waals surface area contributed by atoms with E-state index in [1.54, 1.807) is 0 Å². The van der Waals surface area contributed by atoms with E-state index < -0.39 is 0 Å². The van der Waals surface area contributed by atoms with E-state index in [0.29, 0.717) is 5.92 Å². The highest BCUT2D eigenvalue weighted by Gasteiger charge is 2.26. The Balaban J connectivity index is 2.15. The summed E-state index contributed by atoms with van der Waals surface area (Å²) in [4.78, 5) is 4.30. The van der Waals surface area contributed by atoms with Gasteiger partial charge >= 0.3 is 0 Å². The highest BCUT2D eigenvalue weighted by atomic mass is 35.5. The lowest BCUT2D eigenvalue weighted by atomic mass is 10.3. The molecule has 2 rings (SSSR count). The van der Waals surface area contributed by atoms with Crippen molar-refractivity contribution in [2.24, 2.45) is 10.9 Å². The second-order valence-electron chi connectivity index (χ2n) is 3.04. The van der Waals surface area contributed by atoms with Crippen LogP contribution in [-0.2, 0) is 0 Å². The molecule has 0 aliphatic heterocycles. The molecule has 1 aliphatic rings. The largest absolute Gasteiger partial charge is 0.241 e. The average molecular weight is 180 g/mol. The Labute approximate surface area is 77.1 Å². The summed E-state index contributed by atoms with van der Waals surface area (Å²) in [6.45, 7) is 0. The second kappa shape index (κ2) is 3.28. The molecule has 0 spiro atoms. The molecule has 12 heavy (non-hydrogen) atoms. The quantitative estimate of drug-likeness (QED) is 0.618. The lowest BCUT2D eigenvalue weighted by Crippen LogP contribution is -1.87. The van der Waals surface area contributed by atoms with Gasteiger partial charge in [0.1, 0.15) is 5.17 Å². The van der Waals surface area contributed by atoms with Gasteiger partial charge < -0.3 is 0 Å². The van der Waals surface area contributed by atoms with Gasteiger partial charge in [0.05, 0.1) is 5.69 Å². The number of benzene rings is 1. The van der Waals surface area contributed by atoms with Crippen LogP contribution in [0.15, 0.2) is 35.3 Å². The highest BCUT2D eigenvalue weighted by molar-refractivity contribution is 6.66. The lowest BCUT2D eigenvalue weighted by Gasteiger charge is -1.94. The zero-order valence-corrected chi connectivity index (χ0v) is 7.46. The van der Waals surface area contributed by atoms with Crippen LogP contribution in [0.25, 0.3) is 0 Å². The first-order valence-corrected chi connectivity index (χ1v) is 4.53. The van der Waals surface area contributed by atoms with E-state index in [2.05, 4.69) is 4.99 Å². The molecule has 1 aliphatic carbocycles. The standard InChI is InChI=1S/C10H10ClN/c11-10(8-6-7-8)12-9-4-2-1-3-5-9/h1-5,8H,6-7H2. The van der Waals surface area contributed by atoms with E-state index >= 15 is 0 Å². The molecule has 62 valence electrons. The van der Waals surface area contributed by atoms with E-state index in [9.17, 15) is 0 Å². The third-order valence-electron chi connectivity index (χ3n) is 1.91. The molecule has 1 saturated carbocycles. The van der Waals surface area contributed by atoms with Crippen molar-refractivity contribution in [3.05, 3.63) is 30.3 Å². The summed E-state index contributed by atoms with van der Waals surface area (Å²) in [5.74, 6) is 0.548. The van der Waals surface area contributed by atoms with Gasteiger partial charge in [-0.2, -0.15) is 0 Å². The molecule has 1 aromatic rings. The fourth-order valence-corrected chi connectivity index (χ4v) is 1.35. The minimum Gasteiger partial charge on any atom is -0.241 e. The van der Waals surface area contributed by atoms with Crippen LogP contribution >= 0.6 is 11.6 Å². The van der Waals surface area contributed by atoms with Crippen LogP contribution in [0.2, 0.25) is 0 Å². The summed E-state index contributed by atoms with van der Waals surface area (Å²) in [5.41, 5.74) is 0.953. The van der Waals surface area contributed by atoms with Crippen molar-refractivity contribution >= 4 is 22.5 Å². The van der Waals surface area contributed by atoms with Crippen LogP contribution in [0.3, 0.4) is 0 Å². The van der Waals surface area contributed by atoms with Crippen LogP contribution in [-0.4, -0.2) is 5.17 Å². The molecule has 0 radical (unpaired) electrons. The zero-order chi connectivity index (χ0) is 8.39. The molecule has 0 saturated heterocycles. The maximum absolute atomic E-state index is 5.96. The van der Waals surface area contributed by atoms with Gasteiger partial charge in [0.15, 0.2) is 0 Å². The molecular formula is C10H10ClN. The Hall–Kier alpha value is -0.820. The number of aliphatic imine (C=N–C) groups is 1. The summed E-state index contributed by atoms with van der Waals surface area (Å²) in [6, 6.07) is 9.84. The summed E-state index contributed by atoms with van der Waals surface area (Å²) >= 11 is 5.96. The molecule has 0 unspecified atom stereocenters. The zero-order valence-electron chi connectivity index (χ0n) is 6.70. The normalized spacial score (nSPS) is 17.9. The van der Waals surface area contributed by atoms with Crippen LogP contribution in [0.1, 0.15) is 12.8 Å². The molecule has 0 bridgehead atoms. The maximum Gasteiger partial charge on any atom is 0.110 e. The first-order chi connectivity index (χ1) is 5.86. The third-order valence-corrected chi connectivity index (χ3v) is 2.30. The van der Waals surface area contributed by atoms with Gasteiger partial charge in [0, 0.05) is 5.92 Å². The maximum atomic E-state index is 5.96. The predicted octanol–water partition coefficient (Wildman–Crippen LogP) is 3.37. The molecule has 0 aromatic heterocycles. The molecule has 0 N–H and O–H groups in total. The minimum atomic E-state index is 0.548. The fourth-order valence-electron chi connectivity index (χ4n) is 1.04. The number of hydrogen-bond acceptors (Lipinski definition) is 1. The topological polar surface area (TPSA) is 12.4 Å². The second-order valence-corrected chi connectivity index (χ2v) is 3.43. The molecule has 0 amide bonds. The van der Waals surface area contributed by atoms with E-state index in [1.165, 1.54) is 12.8 Å². The van der Waals surface area contributed by atoms with Gasteiger partial charge in [-0.15, -0.1) is 0 Å². The summed E-state index contributed by atoms with van der Waals surface area (Å²) in [6.07, 6.45) is 2.41. The van der Waals surface area contributed by atoms with Crippen molar-refractivity contribution in [2.45, 2.75) is 12.8 Å². The summed E-state index contributed by atoms with van der Waals surface area (Å²) < 4.78 is 0. The van der Waals surface area contributed by atoms with Gasteiger partial charge in [-0.05, 0) is 25.0 Å². The van der Waals surface area contributed by atoms with Gasteiger partial charge in [-0.25, -0.2) is 4.99 Å². The third kappa shape index (κ3) is 1.86. The van der Waals surface area contributed by atoms with Crippen molar-refractivity contribution in [1.82, 2.24) is 0 Å². The van der Waals surface area contributed by atoms with Crippen LogP contribution in [0.4, 0.5) is 5.69 Å². The molecule has 1 fully saturated rings. The van der Waals surface area contributed by atoms with Crippen molar-refractivity contribution in [3.8, 4) is 0 Å². The number of para-hydroxylation sites is 1. The van der Waals surface area contributed by atoms with Gasteiger partial charge in [-0.1, -0.05) is 29.8 Å². The Morgan fingerprint density at radius 2 is 1.92 bits per heavy atom. The Morgan fingerprint density at radius 1 is 1.25 bits per heavy atom. The highest BCUT2D eigenvalue weighted by Crippen LogP contribution is 2.33. The smallest absolute Gasteiger partial charge is 0.110 e. The van der Waals surface area contributed by atoms with Crippen molar-refractivity contribution in [1.29, 1.82) is 0 Å². The Kier molecular flexibility index (Phi) is 2.13. The Morgan fingerprint density at radius 3 is 2.50 bits per heavy atom. The van der Waals surface area contributed by atoms with Gasteiger partial charge in [0.2, 0.25) is 0 Å². The van der Waals surface area contributed by atoms with Crippen molar-refractivity contribution in [2.75, 3.05) is 0 Å². The van der Waals surface area contributed by atoms with Crippen LogP contribution in [0, 0.1) is 5.92 Å². The number of hydrogen-bond donors (Lipinski definition) is 0. The van der Waals surface area contributed by atoms with Crippen LogP contribution in [0.5, 0.6) is 0 Å². The minimum absolute atomic E-state index is 0.548. The van der Waals surface area contributed by atoms with E-state index in [1.807, 2.05) is 30.3 Å². The van der Waals surface area contributed by atoms with Gasteiger partial charge in [0.25, 0.3) is 0 Å². The first kappa shape index (κ1) is 7.81. The number of halogens is 1. The lowest BCUT2D eigenvalue weighted by molar-refractivity contribution is 1.21. The summed E-state index contributed by atoms with van der Waals surface area (Å²) in [7, 11) is 0. The Bertz CT molecular complexity index is 288. The molecule has 1 nitrogen and oxygen atoms in total. The molecule has 2 heteroatoms. The average Bonchev–Trinajstić information content (AvgIpc) is 2.88. The number of rotatable bonds is 2. The van der Waals surface area contributed by atoms with Gasteiger partial charge in [-0.3, -0.25) is 0 Å². The van der Waals surface area contributed by atoms with E-state index in [4.69, 9.17) is 11.6 Å². The molecular weight excluding hydrogens is 170 g/mol. The van der Waals surface area contributed by atoms with Crippen molar-refractivity contribution in [3.63, 3.8) is 0 Å². The fraction of sp³-hybridized carbons (Fsp3) is 0.300. The van der Waals surface area contributed by atoms with Crippen LogP contribution < -0.4 is 0 Å². The van der Waals surface area contributed by atoms with E-state index in [-0.39, 0.29) is 0 Å². The molecule has 0 atom stereocenters. The number of nitrogens with zero attached hydrogens (tertiary/aromatic N) is 1. The summed E-state index contributed by atoms with van der Waals surface area (Å²) in [5, 5.41) is 0.765. The first-order valence-electron chi connectivity index (χ1n) is 4.15. The van der Waals surface area contributed by atoms with Crippen molar-refractivity contribution < 1.29 is 0 Å². The molecule has 0 heterocycles. The molecule has 1 aromatic carbocycles. The predicted molar refractivity (Wildman–Crippen MR) is 52.1 cm³/mol.